The average molecular weight is 555 g/mol. The topological polar surface area (TPSA) is 84.9 Å². The molecular weight excluding hydrogens is 533 g/mol. The van der Waals surface area contributed by atoms with Crippen molar-refractivity contribution in [3.63, 3.8) is 0 Å². The van der Waals surface area contributed by atoms with Gasteiger partial charge in [0.15, 0.2) is 11.5 Å². The van der Waals surface area contributed by atoms with Crippen LogP contribution in [0.3, 0.4) is 0 Å². The average Bonchev–Trinajstić information content (AvgIpc) is 2.87. The highest BCUT2D eigenvalue weighted by atomic mass is 35.5. The summed E-state index contributed by atoms with van der Waals surface area (Å²) < 4.78 is 78.8. The minimum atomic E-state index is -4.75. The van der Waals surface area contributed by atoms with Gasteiger partial charge in [-0.05, 0) is 55.0 Å². The van der Waals surface area contributed by atoms with E-state index in [0.29, 0.717) is 40.6 Å². The monoisotopic (exact) mass is 554 g/mol. The summed E-state index contributed by atoms with van der Waals surface area (Å²) >= 11 is 6.16. The maximum Gasteiger partial charge on any atom is 0.416 e. The molecule has 0 radical (unpaired) electrons. The highest BCUT2D eigenvalue weighted by molar-refractivity contribution is 7.92. The highest BCUT2D eigenvalue weighted by Crippen LogP contribution is 2.37. The number of ether oxygens (including phenoxy) is 2. The Morgan fingerprint density at radius 1 is 1.03 bits per heavy atom. The largest absolute Gasteiger partial charge is 0.486 e. The van der Waals surface area contributed by atoms with Crippen LogP contribution in [0.4, 0.5) is 18.9 Å². The summed E-state index contributed by atoms with van der Waals surface area (Å²) in [5.41, 5.74) is -0.917. The molecule has 1 N–H and O–H groups in total. The van der Waals surface area contributed by atoms with Crippen molar-refractivity contribution in [1.82, 2.24) is 5.32 Å². The third kappa shape index (κ3) is 5.94. The van der Waals surface area contributed by atoms with Gasteiger partial charge in [0.2, 0.25) is 5.91 Å². The van der Waals surface area contributed by atoms with Gasteiger partial charge in [-0.1, -0.05) is 35.9 Å². The Kier molecular flexibility index (Phi) is 7.56. The molecule has 0 aromatic heterocycles. The number of nitrogens with zero attached hydrogens (tertiary/aromatic N) is 1. The molecule has 4 rings (SSSR count). The summed E-state index contributed by atoms with van der Waals surface area (Å²) in [6, 6.07) is 13.9. The lowest BCUT2D eigenvalue weighted by molar-refractivity contribution is -0.137. The van der Waals surface area contributed by atoms with Crippen molar-refractivity contribution in [2.75, 3.05) is 24.1 Å². The van der Waals surface area contributed by atoms with Gasteiger partial charge < -0.3 is 14.8 Å². The molecule has 1 amide bonds. The van der Waals surface area contributed by atoms with Crippen molar-refractivity contribution in [2.24, 2.45) is 0 Å². The SMILES string of the molecule is C[C@@H](NC(=O)CN(c1cc(C(F)(F)F)ccc1Cl)S(=O)(=O)c1ccccc1)c1ccc2c(c1)OCCO2. The number of hydrogen-bond acceptors (Lipinski definition) is 5. The van der Waals surface area contributed by atoms with Gasteiger partial charge in [-0.2, -0.15) is 13.2 Å². The lowest BCUT2D eigenvalue weighted by atomic mass is 10.1. The standard InChI is InChI=1S/C25H22ClF3N2O5S/c1-16(17-7-10-22-23(13-17)36-12-11-35-22)30-24(32)15-31(37(33,34)19-5-3-2-4-6-19)21-14-18(25(27,28)29)8-9-20(21)26/h2-10,13-14,16H,11-12,15H2,1H3,(H,30,32)/t16-/m1/s1. The first-order chi connectivity index (χ1) is 17.5. The van der Waals surface area contributed by atoms with Crippen LogP contribution < -0.4 is 19.1 Å². The minimum absolute atomic E-state index is 0.212. The Morgan fingerprint density at radius 2 is 1.70 bits per heavy atom. The molecule has 0 saturated carbocycles. The van der Waals surface area contributed by atoms with E-state index in [2.05, 4.69) is 5.32 Å². The van der Waals surface area contributed by atoms with Crippen molar-refractivity contribution in [2.45, 2.75) is 24.0 Å². The zero-order valence-corrected chi connectivity index (χ0v) is 21.0. The van der Waals surface area contributed by atoms with E-state index in [0.717, 1.165) is 12.1 Å². The molecule has 0 saturated heterocycles. The van der Waals surface area contributed by atoms with Gasteiger partial charge in [0.1, 0.15) is 19.8 Å². The number of anilines is 1. The van der Waals surface area contributed by atoms with Crippen LogP contribution in [0, 0.1) is 0 Å². The number of nitrogens with one attached hydrogen (secondary N) is 1. The van der Waals surface area contributed by atoms with Crippen LogP contribution in [0.1, 0.15) is 24.1 Å². The van der Waals surface area contributed by atoms with Gasteiger partial charge in [-0.3, -0.25) is 9.10 Å². The number of benzene rings is 3. The second-order valence-electron chi connectivity index (χ2n) is 8.18. The molecule has 0 unspecified atom stereocenters. The Morgan fingerprint density at radius 3 is 2.38 bits per heavy atom. The molecule has 1 atom stereocenters. The molecule has 1 heterocycles. The molecule has 0 fully saturated rings. The number of halogens is 4. The van der Waals surface area contributed by atoms with Crippen LogP contribution in [-0.2, 0) is 21.0 Å². The first-order valence-electron chi connectivity index (χ1n) is 11.1. The molecule has 196 valence electrons. The van der Waals surface area contributed by atoms with Gasteiger partial charge in [-0.25, -0.2) is 8.42 Å². The number of rotatable bonds is 7. The molecule has 1 aliphatic heterocycles. The van der Waals surface area contributed by atoms with Crippen LogP contribution in [0.15, 0.2) is 71.6 Å². The Balaban J connectivity index is 1.65. The zero-order chi connectivity index (χ0) is 26.8. The predicted octanol–water partition coefficient (Wildman–Crippen LogP) is 5.20. The second-order valence-corrected chi connectivity index (χ2v) is 10.5. The lowest BCUT2D eigenvalue weighted by Gasteiger charge is -2.27. The molecule has 0 spiro atoms. The molecule has 0 aliphatic carbocycles. The summed E-state index contributed by atoms with van der Waals surface area (Å²) in [5, 5.41) is 2.42. The molecule has 37 heavy (non-hydrogen) atoms. The maximum atomic E-state index is 13.5. The molecule has 0 bridgehead atoms. The van der Waals surface area contributed by atoms with Crippen molar-refractivity contribution < 1.29 is 35.9 Å². The molecule has 3 aromatic rings. The Bertz CT molecular complexity index is 1400. The summed E-state index contributed by atoms with van der Waals surface area (Å²) in [6.45, 7) is 1.66. The molecule has 12 heteroatoms. The highest BCUT2D eigenvalue weighted by Gasteiger charge is 2.34. The van der Waals surface area contributed by atoms with E-state index in [9.17, 15) is 26.4 Å². The first-order valence-corrected chi connectivity index (χ1v) is 12.9. The summed E-state index contributed by atoms with van der Waals surface area (Å²) in [5.74, 6) is 0.317. The van der Waals surface area contributed by atoms with Gasteiger partial charge in [-0.15, -0.1) is 0 Å². The molecular formula is C25H22ClF3N2O5S. The van der Waals surface area contributed by atoms with E-state index in [-0.39, 0.29) is 9.92 Å². The number of carbonyl (C=O) groups excluding carboxylic acids is 1. The van der Waals surface area contributed by atoms with E-state index < -0.39 is 45.9 Å². The lowest BCUT2D eigenvalue weighted by Crippen LogP contribution is -2.41. The zero-order valence-electron chi connectivity index (χ0n) is 19.5. The number of amides is 1. The van der Waals surface area contributed by atoms with Crippen molar-refractivity contribution in [3.8, 4) is 11.5 Å². The van der Waals surface area contributed by atoms with Gasteiger partial charge in [0, 0.05) is 0 Å². The fourth-order valence-electron chi connectivity index (χ4n) is 3.73. The summed E-state index contributed by atoms with van der Waals surface area (Å²) in [6.07, 6.45) is -4.75. The summed E-state index contributed by atoms with van der Waals surface area (Å²) in [4.78, 5) is 12.8. The smallest absolute Gasteiger partial charge is 0.416 e. The van der Waals surface area contributed by atoms with Crippen LogP contribution in [0.2, 0.25) is 5.02 Å². The maximum absolute atomic E-state index is 13.5. The minimum Gasteiger partial charge on any atom is -0.486 e. The quantitative estimate of drug-likeness (QED) is 0.434. The molecule has 1 aliphatic rings. The normalized spacial score (nSPS) is 14.1. The van der Waals surface area contributed by atoms with E-state index >= 15 is 0 Å². The summed E-state index contributed by atoms with van der Waals surface area (Å²) in [7, 11) is -4.46. The van der Waals surface area contributed by atoms with Crippen LogP contribution in [0.5, 0.6) is 11.5 Å². The van der Waals surface area contributed by atoms with E-state index in [1.54, 1.807) is 31.2 Å². The van der Waals surface area contributed by atoms with Gasteiger partial charge in [0.05, 0.1) is 27.2 Å². The van der Waals surface area contributed by atoms with Crippen LogP contribution in [0.25, 0.3) is 0 Å². The van der Waals surface area contributed by atoms with E-state index in [1.807, 2.05) is 0 Å². The predicted molar refractivity (Wildman–Crippen MR) is 131 cm³/mol. The van der Waals surface area contributed by atoms with Gasteiger partial charge >= 0.3 is 6.18 Å². The van der Waals surface area contributed by atoms with Crippen LogP contribution >= 0.6 is 11.6 Å². The van der Waals surface area contributed by atoms with Gasteiger partial charge in [0.25, 0.3) is 10.0 Å². The van der Waals surface area contributed by atoms with Crippen LogP contribution in [-0.4, -0.2) is 34.1 Å². The van der Waals surface area contributed by atoms with E-state index in [1.165, 1.54) is 24.3 Å². The number of carbonyl (C=O) groups is 1. The number of sulfonamides is 1. The Labute approximate surface area is 216 Å². The number of fused-ring (bicyclic) bond motifs is 1. The second kappa shape index (κ2) is 10.5. The third-order valence-electron chi connectivity index (χ3n) is 5.60. The van der Waals surface area contributed by atoms with Crippen molar-refractivity contribution >= 4 is 33.2 Å². The number of alkyl halides is 3. The Hall–Kier alpha value is -3.44. The third-order valence-corrected chi connectivity index (χ3v) is 7.70. The fraction of sp³-hybridized carbons (Fsp3) is 0.240. The van der Waals surface area contributed by atoms with Crippen molar-refractivity contribution in [1.29, 1.82) is 0 Å². The molecule has 3 aromatic carbocycles. The first kappa shape index (κ1) is 26.6. The van der Waals surface area contributed by atoms with Crippen molar-refractivity contribution in [3.05, 3.63) is 82.9 Å². The number of hydrogen-bond donors (Lipinski definition) is 1. The fourth-order valence-corrected chi connectivity index (χ4v) is 5.45. The van der Waals surface area contributed by atoms with E-state index in [4.69, 9.17) is 21.1 Å². The molecule has 7 nitrogen and oxygen atoms in total.